The van der Waals surface area contributed by atoms with Gasteiger partial charge in [-0.2, -0.15) is 18.3 Å². The topological polar surface area (TPSA) is 59.9 Å². The third-order valence-corrected chi connectivity index (χ3v) is 5.10. The summed E-state index contributed by atoms with van der Waals surface area (Å²) in [6.07, 6.45) is -4.73. The predicted octanol–water partition coefficient (Wildman–Crippen LogP) is 3.71. The van der Waals surface area contributed by atoms with E-state index in [1.54, 1.807) is 0 Å². The molecule has 23 heavy (non-hydrogen) atoms. The molecule has 0 aliphatic rings. The van der Waals surface area contributed by atoms with Gasteiger partial charge in [-0.05, 0) is 12.1 Å². The van der Waals surface area contributed by atoms with E-state index in [2.05, 4.69) is 29.7 Å². The van der Waals surface area contributed by atoms with Gasteiger partial charge >= 0.3 is 6.18 Å². The second-order valence-corrected chi connectivity index (χ2v) is 12.4. The Hall–Kier alpha value is -1.32. The van der Waals surface area contributed by atoms with Crippen LogP contribution in [0.25, 0.3) is 10.9 Å². The van der Waals surface area contributed by atoms with Crippen molar-refractivity contribution in [2.45, 2.75) is 38.6 Å². The predicted molar refractivity (Wildman–Crippen MR) is 84.5 cm³/mol. The van der Waals surface area contributed by atoms with Gasteiger partial charge in [-0.3, -0.25) is 4.79 Å². The molecule has 10 heteroatoms. The van der Waals surface area contributed by atoms with Crippen molar-refractivity contribution in [3.63, 3.8) is 0 Å². The number of hydrogen-bond acceptors (Lipinski definition) is 3. The van der Waals surface area contributed by atoms with Gasteiger partial charge in [0.05, 0.1) is 10.9 Å². The molecule has 0 aliphatic heterocycles. The molecule has 0 fully saturated rings. The van der Waals surface area contributed by atoms with Crippen LogP contribution in [0.15, 0.2) is 10.9 Å². The number of rotatable bonds is 5. The van der Waals surface area contributed by atoms with Gasteiger partial charge in [0.1, 0.15) is 11.9 Å². The number of fused-ring (bicyclic) bond motifs is 1. The summed E-state index contributed by atoms with van der Waals surface area (Å²) in [5.74, 6) is 0. The maximum absolute atomic E-state index is 13.1. The Balaban J connectivity index is 2.35. The lowest BCUT2D eigenvalue weighted by Crippen LogP contribution is -2.22. The lowest BCUT2D eigenvalue weighted by atomic mass is 10.2. The van der Waals surface area contributed by atoms with Crippen molar-refractivity contribution >= 4 is 30.6 Å². The van der Waals surface area contributed by atoms with Gasteiger partial charge in [-0.25, -0.2) is 4.68 Å². The van der Waals surface area contributed by atoms with Crippen LogP contribution >= 0.6 is 11.6 Å². The molecule has 2 aromatic heterocycles. The molecule has 5 nitrogen and oxygen atoms in total. The van der Waals surface area contributed by atoms with Crippen LogP contribution in [0, 0.1) is 0 Å². The molecule has 1 N–H and O–H groups in total. The first-order valence-corrected chi connectivity index (χ1v) is 11.0. The number of nitrogens with one attached hydrogen (secondary N) is 1. The van der Waals surface area contributed by atoms with Crippen LogP contribution in [0.1, 0.15) is 5.69 Å². The smallest absolute Gasteiger partial charge is 0.360 e. The number of ether oxygens (including phenoxy) is 1. The Morgan fingerprint density at radius 2 is 2.04 bits per heavy atom. The number of aromatic amines is 1. The SMILES string of the molecule is C[Si](C)(C)CCOCn1nc(C(F)(F)F)c2c(=O)[nH]c(Cl)cc21. The van der Waals surface area contributed by atoms with Crippen LogP contribution in [-0.4, -0.2) is 29.4 Å². The van der Waals surface area contributed by atoms with Crippen molar-refractivity contribution in [1.29, 1.82) is 0 Å². The van der Waals surface area contributed by atoms with Crippen LogP contribution in [0.5, 0.6) is 0 Å². The van der Waals surface area contributed by atoms with Gasteiger partial charge in [0, 0.05) is 14.7 Å². The molecular formula is C13H17ClF3N3O2Si. The largest absolute Gasteiger partial charge is 0.435 e. The highest BCUT2D eigenvalue weighted by Gasteiger charge is 2.38. The summed E-state index contributed by atoms with van der Waals surface area (Å²) in [6.45, 7) is 6.76. The summed E-state index contributed by atoms with van der Waals surface area (Å²) in [5.41, 5.74) is -2.16. The summed E-state index contributed by atoms with van der Waals surface area (Å²) in [7, 11) is -1.30. The van der Waals surface area contributed by atoms with E-state index in [1.165, 1.54) is 6.07 Å². The van der Waals surface area contributed by atoms with Crippen molar-refractivity contribution in [1.82, 2.24) is 14.8 Å². The molecule has 0 unspecified atom stereocenters. The summed E-state index contributed by atoms with van der Waals surface area (Å²) in [4.78, 5) is 14.0. The summed E-state index contributed by atoms with van der Waals surface area (Å²) >= 11 is 5.73. The fourth-order valence-corrected chi connectivity index (χ4v) is 2.94. The van der Waals surface area contributed by atoms with Crippen LogP contribution in [-0.2, 0) is 17.6 Å². The van der Waals surface area contributed by atoms with Crippen molar-refractivity contribution in [3.8, 4) is 0 Å². The minimum Gasteiger partial charge on any atom is -0.360 e. The number of nitrogens with zero attached hydrogens (tertiary/aromatic N) is 2. The van der Waals surface area contributed by atoms with E-state index in [0.29, 0.717) is 6.61 Å². The lowest BCUT2D eigenvalue weighted by Gasteiger charge is -2.15. The lowest BCUT2D eigenvalue weighted by molar-refractivity contribution is -0.140. The highest BCUT2D eigenvalue weighted by Crippen LogP contribution is 2.32. The minimum atomic E-state index is -4.73. The molecule has 0 amide bonds. The van der Waals surface area contributed by atoms with E-state index in [0.717, 1.165) is 10.7 Å². The number of halogens is 4. The Labute approximate surface area is 136 Å². The molecule has 0 saturated heterocycles. The Kier molecular flexibility index (Phi) is 4.93. The van der Waals surface area contributed by atoms with E-state index in [1.807, 2.05) is 0 Å². The van der Waals surface area contributed by atoms with Crippen LogP contribution in [0.3, 0.4) is 0 Å². The zero-order valence-electron chi connectivity index (χ0n) is 12.9. The van der Waals surface area contributed by atoms with E-state index in [9.17, 15) is 18.0 Å². The molecular weight excluding hydrogens is 351 g/mol. The number of H-pyrrole nitrogens is 1. The number of alkyl halides is 3. The van der Waals surface area contributed by atoms with Gasteiger partial charge in [-0.1, -0.05) is 31.2 Å². The zero-order chi connectivity index (χ0) is 17.4. The number of pyridine rings is 1. The molecule has 2 aromatic rings. The van der Waals surface area contributed by atoms with Gasteiger partial charge in [0.15, 0.2) is 5.69 Å². The molecule has 2 heterocycles. The second kappa shape index (κ2) is 6.29. The van der Waals surface area contributed by atoms with Gasteiger partial charge in [0.2, 0.25) is 0 Å². The van der Waals surface area contributed by atoms with E-state index >= 15 is 0 Å². The average Bonchev–Trinajstić information content (AvgIpc) is 2.72. The highest BCUT2D eigenvalue weighted by atomic mass is 35.5. The Bertz CT molecular complexity index is 765. The van der Waals surface area contributed by atoms with Gasteiger partial charge < -0.3 is 9.72 Å². The highest BCUT2D eigenvalue weighted by molar-refractivity contribution is 6.76. The maximum atomic E-state index is 13.1. The van der Waals surface area contributed by atoms with Crippen molar-refractivity contribution in [2.75, 3.05) is 6.61 Å². The first-order chi connectivity index (χ1) is 10.5. The standard InChI is InChI=1S/C13H17ClF3N3O2Si/c1-23(2,3)5-4-22-7-20-8-6-9(14)18-12(21)10(8)11(19-20)13(15,16)17/h6H,4-5,7H2,1-3H3,(H,18,21). The van der Waals surface area contributed by atoms with Crippen molar-refractivity contribution < 1.29 is 17.9 Å². The summed E-state index contributed by atoms with van der Waals surface area (Å²) in [5, 5.41) is 2.91. The van der Waals surface area contributed by atoms with E-state index < -0.39 is 30.9 Å². The summed E-state index contributed by atoms with van der Waals surface area (Å²) < 4.78 is 45.6. The quantitative estimate of drug-likeness (QED) is 0.498. The zero-order valence-corrected chi connectivity index (χ0v) is 14.7. The number of hydrogen-bond donors (Lipinski definition) is 1. The normalized spacial score (nSPS) is 13.0. The molecule has 0 aromatic carbocycles. The Morgan fingerprint density at radius 3 is 2.61 bits per heavy atom. The molecule has 128 valence electrons. The van der Waals surface area contributed by atoms with E-state index in [-0.39, 0.29) is 17.4 Å². The molecule has 0 spiro atoms. The molecule has 0 atom stereocenters. The van der Waals surface area contributed by atoms with Gasteiger partial charge in [-0.15, -0.1) is 0 Å². The summed E-state index contributed by atoms with van der Waals surface area (Å²) in [6, 6.07) is 2.11. The van der Waals surface area contributed by atoms with Crippen molar-refractivity contribution in [2.24, 2.45) is 0 Å². The number of aromatic nitrogens is 3. The Morgan fingerprint density at radius 1 is 1.39 bits per heavy atom. The molecule has 2 rings (SSSR count). The fraction of sp³-hybridized carbons (Fsp3) is 0.538. The van der Waals surface area contributed by atoms with Crippen LogP contribution in [0.4, 0.5) is 13.2 Å². The third kappa shape index (κ3) is 4.36. The molecule has 0 radical (unpaired) electrons. The minimum absolute atomic E-state index is 0.000853. The van der Waals surface area contributed by atoms with Crippen LogP contribution < -0.4 is 5.56 Å². The molecule has 0 aliphatic carbocycles. The fourth-order valence-electron chi connectivity index (χ4n) is 2.00. The van der Waals surface area contributed by atoms with Crippen molar-refractivity contribution in [3.05, 3.63) is 27.3 Å². The molecule has 0 saturated carbocycles. The third-order valence-electron chi connectivity index (χ3n) is 3.19. The van der Waals surface area contributed by atoms with E-state index in [4.69, 9.17) is 16.3 Å². The first kappa shape index (κ1) is 18.0. The van der Waals surface area contributed by atoms with Crippen LogP contribution in [0.2, 0.25) is 30.8 Å². The maximum Gasteiger partial charge on any atom is 0.435 e. The monoisotopic (exact) mass is 367 g/mol. The second-order valence-electron chi connectivity index (χ2n) is 6.40. The average molecular weight is 368 g/mol. The molecule has 0 bridgehead atoms. The van der Waals surface area contributed by atoms with Gasteiger partial charge in [0.25, 0.3) is 5.56 Å². The first-order valence-electron chi connectivity index (χ1n) is 6.93.